The van der Waals surface area contributed by atoms with Crippen molar-refractivity contribution in [3.63, 3.8) is 0 Å². The van der Waals surface area contributed by atoms with Crippen molar-refractivity contribution in [1.29, 1.82) is 0 Å². The lowest BCUT2D eigenvalue weighted by Gasteiger charge is -2.21. The smallest absolute Gasteiger partial charge is 0.272 e. The number of benzene rings is 1. The lowest BCUT2D eigenvalue weighted by atomic mass is 10.2. The van der Waals surface area contributed by atoms with Crippen LogP contribution in [0.15, 0.2) is 48.5 Å². The zero-order chi connectivity index (χ0) is 14.4. The number of hydrogen-bond donors (Lipinski definition) is 1. The molecule has 1 heterocycles. The van der Waals surface area contributed by atoms with Gasteiger partial charge in [-0.05, 0) is 17.7 Å². The Morgan fingerprint density at radius 2 is 1.90 bits per heavy atom. The van der Waals surface area contributed by atoms with E-state index in [1.165, 1.54) is 0 Å². The van der Waals surface area contributed by atoms with Gasteiger partial charge in [0.1, 0.15) is 10.8 Å². The number of nitrogens with zero attached hydrogens (tertiary/aromatic N) is 2. The SMILES string of the molecule is O=C(c1cccc(Cl)n1)N(CCO)Cc1ccccc1. The first-order chi connectivity index (χ1) is 9.70. The van der Waals surface area contributed by atoms with E-state index in [2.05, 4.69) is 4.98 Å². The minimum atomic E-state index is -0.245. The van der Waals surface area contributed by atoms with E-state index in [-0.39, 0.29) is 29.9 Å². The summed E-state index contributed by atoms with van der Waals surface area (Å²) >= 11 is 5.80. The number of carbonyl (C=O) groups excluding carboxylic acids is 1. The summed E-state index contributed by atoms with van der Waals surface area (Å²) in [5.41, 5.74) is 1.28. The molecule has 1 aromatic carbocycles. The summed E-state index contributed by atoms with van der Waals surface area (Å²) in [4.78, 5) is 17.9. The molecule has 0 spiro atoms. The third-order valence-corrected chi connectivity index (χ3v) is 3.02. The second-order valence-electron chi connectivity index (χ2n) is 4.28. The number of pyridine rings is 1. The number of rotatable bonds is 5. The van der Waals surface area contributed by atoms with Gasteiger partial charge < -0.3 is 10.0 Å². The molecular weight excluding hydrogens is 276 g/mol. The van der Waals surface area contributed by atoms with Crippen LogP contribution in [-0.4, -0.2) is 34.0 Å². The lowest BCUT2D eigenvalue weighted by Crippen LogP contribution is -2.33. The zero-order valence-electron chi connectivity index (χ0n) is 10.9. The number of aliphatic hydroxyl groups is 1. The van der Waals surface area contributed by atoms with Crippen molar-refractivity contribution in [2.45, 2.75) is 6.54 Å². The summed E-state index contributed by atoms with van der Waals surface area (Å²) in [6.07, 6.45) is 0. The number of aromatic nitrogens is 1. The molecule has 2 rings (SSSR count). The van der Waals surface area contributed by atoms with Crippen molar-refractivity contribution in [3.8, 4) is 0 Å². The van der Waals surface area contributed by atoms with E-state index in [9.17, 15) is 4.79 Å². The fourth-order valence-corrected chi connectivity index (χ4v) is 2.03. The van der Waals surface area contributed by atoms with Crippen molar-refractivity contribution in [3.05, 3.63) is 64.9 Å². The molecule has 5 heteroatoms. The molecule has 20 heavy (non-hydrogen) atoms. The maximum atomic E-state index is 12.4. The summed E-state index contributed by atoms with van der Waals surface area (Å²) in [5, 5.41) is 9.40. The number of halogens is 1. The van der Waals surface area contributed by atoms with Gasteiger partial charge >= 0.3 is 0 Å². The van der Waals surface area contributed by atoms with Crippen LogP contribution in [0.3, 0.4) is 0 Å². The molecule has 0 aliphatic carbocycles. The van der Waals surface area contributed by atoms with Gasteiger partial charge in [-0.2, -0.15) is 0 Å². The maximum Gasteiger partial charge on any atom is 0.272 e. The van der Waals surface area contributed by atoms with Crippen LogP contribution < -0.4 is 0 Å². The number of carbonyl (C=O) groups is 1. The van der Waals surface area contributed by atoms with Crippen LogP contribution in [0.4, 0.5) is 0 Å². The Kier molecular flexibility index (Phi) is 5.09. The van der Waals surface area contributed by atoms with Gasteiger partial charge in [0.2, 0.25) is 0 Å². The molecule has 2 aromatic rings. The molecule has 0 saturated carbocycles. The predicted octanol–water partition coefficient (Wildman–Crippen LogP) is 2.37. The second kappa shape index (κ2) is 7.03. The standard InChI is InChI=1S/C15H15ClN2O2/c16-14-8-4-7-13(17-14)15(20)18(9-10-19)11-12-5-2-1-3-6-12/h1-8,19H,9-11H2. The van der Waals surface area contributed by atoms with Gasteiger partial charge in [-0.25, -0.2) is 4.98 Å². The molecule has 0 radical (unpaired) electrons. The molecule has 0 bridgehead atoms. The average molecular weight is 291 g/mol. The van der Waals surface area contributed by atoms with Gasteiger partial charge in [0.15, 0.2) is 0 Å². The highest BCUT2D eigenvalue weighted by Crippen LogP contribution is 2.11. The van der Waals surface area contributed by atoms with Gasteiger partial charge in [-0.3, -0.25) is 4.79 Å². The van der Waals surface area contributed by atoms with Crippen molar-refractivity contribution >= 4 is 17.5 Å². The van der Waals surface area contributed by atoms with E-state index >= 15 is 0 Å². The molecule has 0 saturated heterocycles. The Hall–Kier alpha value is -1.91. The fraction of sp³-hybridized carbons (Fsp3) is 0.200. The predicted molar refractivity (Wildman–Crippen MR) is 77.5 cm³/mol. The van der Waals surface area contributed by atoms with Crippen LogP contribution in [-0.2, 0) is 6.54 Å². The van der Waals surface area contributed by atoms with Crippen LogP contribution in [0.25, 0.3) is 0 Å². The number of aliphatic hydroxyl groups excluding tert-OH is 1. The van der Waals surface area contributed by atoms with Gasteiger partial charge in [0.25, 0.3) is 5.91 Å². The number of amides is 1. The third kappa shape index (κ3) is 3.79. The minimum Gasteiger partial charge on any atom is -0.395 e. The molecule has 104 valence electrons. The number of hydrogen-bond acceptors (Lipinski definition) is 3. The highest BCUT2D eigenvalue weighted by Gasteiger charge is 2.17. The molecule has 0 atom stereocenters. The largest absolute Gasteiger partial charge is 0.395 e. The quantitative estimate of drug-likeness (QED) is 0.860. The van der Waals surface area contributed by atoms with Gasteiger partial charge in [0, 0.05) is 13.1 Å². The Labute approximate surface area is 122 Å². The van der Waals surface area contributed by atoms with E-state index < -0.39 is 0 Å². The van der Waals surface area contributed by atoms with Crippen molar-refractivity contribution in [1.82, 2.24) is 9.88 Å². The molecule has 1 amide bonds. The van der Waals surface area contributed by atoms with E-state index in [4.69, 9.17) is 16.7 Å². The van der Waals surface area contributed by atoms with E-state index in [1.54, 1.807) is 23.1 Å². The summed E-state index contributed by atoms with van der Waals surface area (Å²) in [6, 6.07) is 14.5. The van der Waals surface area contributed by atoms with Crippen molar-refractivity contribution in [2.24, 2.45) is 0 Å². The van der Waals surface area contributed by atoms with Gasteiger partial charge in [0.05, 0.1) is 6.61 Å². The van der Waals surface area contributed by atoms with Crippen LogP contribution in [0.2, 0.25) is 5.15 Å². The third-order valence-electron chi connectivity index (χ3n) is 2.81. The van der Waals surface area contributed by atoms with Crippen LogP contribution >= 0.6 is 11.6 Å². The Morgan fingerprint density at radius 1 is 1.15 bits per heavy atom. The molecular formula is C15H15ClN2O2. The van der Waals surface area contributed by atoms with Crippen LogP contribution in [0, 0.1) is 0 Å². The van der Waals surface area contributed by atoms with E-state index in [0.29, 0.717) is 6.54 Å². The first kappa shape index (κ1) is 14.5. The highest BCUT2D eigenvalue weighted by atomic mass is 35.5. The molecule has 1 aromatic heterocycles. The second-order valence-corrected chi connectivity index (χ2v) is 4.67. The summed E-state index contributed by atoms with van der Waals surface area (Å²) < 4.78 is 0. The molecule has 4 nitrogen and oxygen atoms in total. The van der Waals surface area contributed by atoms with E-state index in [1.807, 2.05) is 30.3 Å². The summed E-state index contributed by atoms with van der Waals surface area (Å²) in [6.45, 7) is 0.579. The van der Waals surface area contributed by atoms with Crippen molar-refractivity contribution in [2.75, 3.05) is 13.2 Å². The zero-order valence-corrected chi connectivity index (χ0v) is 11.6. The topological polar surface area (TPSA) is 53.4 Å². The molecule has 1 N–H and O–H groups in total. The monoisotopic (exact) mass is 290 g/mol. The Balaban J connectivity index is 2.18. The maximum absolute atomic E-state index is 12.4. The average Bonchev–Trinajstić information content (AvgIpc) is 2.47. The van der Waals surface area contributed by atoms with Crippen LogP contribution in [0.5, 0.6) is 0 Å². The molecule has 0 fully saturated rings. The normalized spacial score (nSPS) is 10.3. The fourth-order valence-electron chi connectivity index (χ4n) is 1.87. The Morgan fingerprint density at radius 3 is 2.55 bits per heavy atom. The van der Waals surface area contributed by atoms with Gasteiger partial charge in [-0.1, -0.05) is 48.0 Å². The Bertz CT molecular complexity index is 575. The molecule has 0 aliphatic heterocycles. The summed E-state index contributed by atoms with van der Waals surface area (Å²) in [5.74, 6) is -0.245. The highest BCUT2D eigenvalue weighted by molar-refractivity contribution is 6.29. The van der Waals surface area contributed by atoms with Gasteiger partial charge in [-0.15, -0.1) is 0 Å². The van der Waals surface area contributed by atoms with Crippen molar-refractivity contribution < 1.29 is 9.90 Å². The first-order valence-electron chi connectivity index (χ1n) is 6.27. The van der Waals surface area contributed by atoms with Crippen LogP contribution in [0.1, 0.15) is 16.1 Å². The molecule has 0 unspecified atom stereocenters. The van der Waals surface area contributed by atoms with E-state index in [0.717, 1.165) is 5.56 Å². The first-order valence-corrected chi connectivity index (χ1v) is 6.65. The molecule has 0 aliphatic rings. The summed E-state index contributed by atoms with van der Waals surface area (Å²) in [7, 11) is 0. The lowest BCUT2D eigenvalue weighted by molar-refractivity contribution is 0.0702. The minimum absolute atomic E-state index is 0.0981.